The molecule has 0 radical (unpaired) electrons. The number of hydrogen-bond acceptors (Lipinski definition) is 5. The summed E-state index contributed by atoms with van der Waals surface area (Å²) in [7, 11) is 7.29. The van der Waals surface area contributed by atoms with Crippen LogP contribution in [0.2, 0.25) is 5.02 Å². The molecule has 0 heterocycles. The van der Waals surface area contributed by atoms with Gasteiger partial charge in [0.1, 0.15) is 6.61 Å². The highest BCUT2D eigenvalue weighted by Crippen LogP contribution is 2.36. The standard InChI is InChI=1S/C15H25ClN2O3/c1-18(2)6-8-21-15-13(16)9-12(10-14(15)20-4)11-17-5-7-19-3/h9-10,17H,5-8,11H2,1-4H3. The second kappa shape index (κ2) is 9.84. The molecule has 0 amide bonds. The summed E-state index contributed by atoms with van der Waals surface area (Å²) in [5.74, 6) is 1.26. The van der Waals surface area contributed by atoms with Crippen molar-refractivity contribution in [3.63, 3.8) is 0 Å². The number of methoxy groups -OCH3 is 2. The van der Waals surface area contributed by atoms with E-state index in [-0.39, 0.29) is 0 Å². The monoisotopic (exact) mass is 316 g/mol. The zero-order valence-corrected chi connectivity index (χ0v) is 14.0. The van der Waals surface area contributed by atoms with Crippen LogP contribution in [0.3, 0.4) is 0 Å². The largest absolute Gasteiger partial charge is 0.493 e. The van der Waals surface area contributed by atoms with Crippen LogP contribution in [-0.4, -0.2) is 59.5 Å². The van der Waals surface area contributed by atoms with E-state index in [1.54, 1.807) is 14.2 Å². The molecule has 0 atom stereocenters. The van der Waals surface area contributed by atoms with Gasteiger partial charge >= 0.3 is 0 Å². The van der Waals surface area contributed by atoms with E-state index in [0.717, 1.165) is 18.7 Å². The van der Waals surface area contributed by atoms with Crippen molar-refractivity contribution in [1.29, 1.82) is 0 Å². The molecule has 0 fully saturated rings. The van der Waals surface area contributed by atoms with Crippen LogP contribution in [0.15, 0.2) is 12.1 Å². The highest BCUT2D eigenvalue weighted by atomic mass is 35.5. The lowest BCUT2D eigenvalue weighted by molar-refractivity contribution is 0.199. The van der Waals surface area contributed by atoms with E-state index in [0.29, 0.717) is 36.3 Å². The quantitative estimate of drug-likeness (QED) is 0.669. The van der Waals surface area contributed by atoms with Crippen LogP contribution in [0.25, 0.3) is 0 Å². The first kappa shape index (κ1) is 18.0. The van der Waals surface area contributed by atoms with E-state index in [1.165, 1.54) is 0 Å². The maximum Gasteiger partial charge on any atom is 0.179 e. The lowest BCUT2D eigenvalue weighted by Crippen LogP contribution is -2.20. The summed E-state index contributed by atoms with van der Waals surface area (Å²) in [6.45, 7) is 3.56. The van der Waals surface area contributed by atoms with Gasteiger partial charge in [-0.2, -0.15) is 0 Å². The number of halogens is 1. The molecule has 0 aliphatic rings. The molecule has 0 spiro atoms. The molecule has 5 nitrogen and oxygen atoms in total. The number of nitrogens with one attached hydrogen (secondary N) is 1. The second-order valence-corrected chi connectivity index (χ2v) is 5.34. The van der Waals surface area contributed by atoms with Gasteiger partial charge in [-0.25, -0.2) is 0 Å². The molecule has 0 bridgehead atoms. The first-order valence-corrected chi connectivity index (χ1v) is 7.30. The number of nitrogens with zero attached hydrogens (tertiary/aromatic N) is 1. The van der Waals surface area contributed by atoms with Gasteiger partial charge in [0, 0.05) is 26.7 Å². The minimum atomic E-state index is 0.564. The molecular weight excluding hydrogens is 292 g/mol. The Morgan fingerprint density at radius 3 is 2.57 bits per heavy atom. The van der Waals surface area contributed by atoms with Crippen molar-refractivity contribution in [2.24, 2.45) is 0 Å². The molecule has 1 aromatic carbocycles. The minimum absolute atomic E-state index is 0.564. The molecule has 0 unspecified atom stereocenters. The minimum Gasteiger partial charge on any atom is -0.493 e. The van der Waals surface area contributed by atoms with Crippen LogP contribution in [0, 0.1) is 0 Å². The molecule has 1 N–H and O–H groups in total. The van der Waals surface area contributed by atoms with Crippen LogP contribution in [0.1, 0.15) is 5.56 Å². The van der Waals surface area contributed by atoms with Gasteiger partial charge in [0.2, 0.25) is 0 Å². The summed E-state index contributed by atoms with van der Waals surface area (Å²) in [6.07, 6.45) is 0. The smallest absolute Gasteiger partial charge is 0.179 e. The Morgan fingerprint density at radius 1 is 1.19 bits per heavy atom. The second-order valence-electron chi connectivity index (χ2n) is 4.93. The number of ether oxygens (including phenoxy) is 3. The third kappa shape index (κ3) is 6.52. The molecular formula is C15H25ClN2O3. The fourth-order valence-corrected chi connectivity index (χ4v) is 2.04. The third-order valence-corrected chi connectivity index (χ3v) is 3.17. The van der Waals surface area contributed by atoms with Gasteiger partial charge < -0.3 is 24.4 Å². The normalized spacial score (nSPS) is 11.0. The number of likely N-dealkylation sites (N-methyl/N-ethyl adjacent to an activating group) is 1. The summed E-state index contributed by atoms with van der Waals surface area (Å²) in [4.78, 5) is 2.05. The van der Waals surface area contributed by atoms with Crippen molar-refractivity contribution in [1.82, 2.24) is 10.2 Å². The van der Waals surface area contributed by atoms with E-state index in [2.05, 4.69) is 10.2 Å². The van der Waals surface area contributed by atoms with Gasteiger partial charge in [0.05, 0.1) is 18.7 Å². The summed E-state index contributed by atoms with van der Waals surface area (Å²) >= 11 is 6.30. The third-order valence-electron chi connectivity index (χ3n) is 2.89. The maximum atomic E-state index is 6.30. The lowest BCUT2D eigenvalue weighted by Gasteiger charge is -2.16. The van der Waals surface area contributed by atoms with E-state index >= 15 is 0 Å². The van der Waals surface area contributed by atoms with E-state index < -0.39 is 0 Å². The molecule has 0 aromatic heterocycles. The van der Waals surface area contributed by atoms with Crippen LogP contribution < -0.4 is 14.8 Å². The Balaban J connectivity index is 2.67. The van der Waals surface area contributed by atoms with Gasteiger partial charge in [0.15, 0.2) is 11.5 Å². The van der Waals surface area contributed by atoms with Gasteiger partial charge in [-0.15, -0.1) is 0 Å². The molecule has 0 saturated carbocycles. The Hall–Kier alpha value is -1.01. The van der Waals surface area contributed by atoms with Gasteiger partial charge in [-0.3, -0.25) is 0 Å². The predicted octanol–water partition coefficient (Wildman–Crippen LogP) is 2.02. The van der Waals surface area contributed by atoms with Crippen LogP contribution >= 0.6 is 11.6 Å². The Labute approximate surface area is 132 Å². The van der Waals surface area contributed by atoms with Crippen molar-refractivity contribution >= 4 is 11.6 Å². The number of hydrogen-bond donors (Lipinski definition) is 1. The van der Waals surface area contributed by atoms with E-state index in [1.807, 2.05) is 26.2 Å². The topological polar surface area (TPSA) is 43.0 Å². The fraction of sp³-hybridized carbons (Fsp3) is 0.600. The number of rotatable bonds is 10. The molecule has 120 valence electrons. The van der Waals surface area contributed by atoms with Gasteiger partial charge in [0.25, 0.3) is 0 Å². The zero-order chi connectivity index (χ0) is 15.7. The molecule has 1 aromatic rings. The average Bonchev–Trinajstić information content (AvgIpc) is 2.45. The SMILES string of the molecule is COCCNCc1cc(Cl)c(OCCN(C)C)c(OC)c1. The molecule has 6 heteroatoms. The zero-order valence-electron chi connectivity index (χ0n) is 13.2. The maximum absolute atomic E-state index is 6.30. The van der Waals surface area contributed by atoms with Crippen LogP contribution in [0.4, 0.5) is 0 Å². The average molecular weight is 317 g/mol. The Bertz CT molecular complexity index is 428. The van der Waals surface area contributed by atoms with Gasteiger partial charge in [-0.05, 0) is 31.8 Å². The highest BCUT2D eigenvalue weighted by Gasteiger charge is 2.12. The van der Waals surface area contributed by atoms with Crippen molar-refractivity contribution in [2.45, 2.75) is 6.54 Å². The van der Waals surface area contributed by atoms with Crippen molar-refractivity contribution < 1.29 is 14.2 Å². The first-order chi connectivity index (χ1) is 10.1. The summed E-state index contributed by atoms with van der Waals surface area (Å²) in [5.41, 5.74) is 1.05. The molecule has 1 rings (SSSR count). The molecule has 0 saturated heterocycles. The summed E-state index contributed by atoms with van der Waals surface area (Å²) < 4.78 is 16.1. The van der Waals surface area contributed by atoms with Crippen molar-refractivity contribution in [2.75, 3.05) is 54.6 Å². The van der Waals surface area contributed by atoms with Crippen LogP contribution in [0.5, 0.6) is 11.5 Å². The van der Waals surface area contributed by atoms with Gasteiger partial charge in [-0.1, -0.05) is 11.6 Å². The van der Waals surface area contributed by atoms with Crippen molar-refractivity contribution in [3.05, 3.63) is 22.7 Å². The molecule has 0 aliphatic heterocycles. The van der Waals surface area contributed by atoms with E-state index in [4.69, 9.17) is 25.8 Å². The molecule has 0 aliphatic carbocycles. The highest BCUT2D eigenvalue weighted by molar-refractivity contribution is 6.32. The Morgan fingerprint density at radius 2 is 1.95 bits per heavy atom. The molecule has 21 heavy (non-hydrogen) atoms. The van der Waals surface area contributed by atoms with Crippen molar-refractivity contribution in [3.8, 4) is 11.5 Å². The first-order valence-electron chi connectivity index (χ1n) is 6.92. The summed E-state index contributed by atoms with van der Waals surface area (Å²) in [5, 5.41) is 3.84. The predicted molar refractivity (Wildman–Crippen MR) is 85.6 cm³/mol. The van der Waals surface area contributed by atoms with Crippen LogP contribution in [-0.2, 0) is 11.3 Å². The number of benzene rings is 1. The lowest BCUT2D eigenvalue weighted by atomic mass is 10.2. The summed E-state index contributed by atoms with van der Waals surface area (Å²) in [6, 6.07) is 3.84. The van der Waals surface area contributed by atoms with E-state index in [9.17, 15) is 0 Å². The Kier molecular flexibility index (Phi) is 8.45. The fourth-order valence-electron chi connectivity index (χ4n) is 1.75.